The van der Waals surface area contributed by atoms with Gasteiger partial charge in [-0.2, -0.15) is 0 Å². The smallest absolute Gasteiger partial charge is 0.305 e. The highest BCUT2D eigenvalue weighted by molar-refractivity contribution is 5.67. The Hall–Kier alpha value is -2.38. The molecule has 0 aliphatic carbocycles. The summed E-state index contributed by atoms with van der Waals surface area (Å²) in [5.41, 5.74) is 0.666. The van der Waals surface area contributed by atoms with Gasteiger partial charge < -0.3 is 5.11 Å². The molecule has 2 aromatic rings. The van der Waals surface area contributed by atoms with Crippen LogP contribution in [-0.4, -0.2) is 41.3 Å². The van der Waals surface area contributed by atoms with Gasteiger partial charge >= 0.3 is 5.97 Å². The molecule has 0 amide bonds. The van der Waals surface area contributed by atoms with E-state index in [0.717, 1.165) is 6.42 Å². The van der Waals surface area contributed by atoms with Crippen molar-refractivity contribution in [3.63, 3.8) is 0 Å². The zero-order chi connectivity index (χ0) is 13.7. The fourth-order valence-electron chi connectivity index (χ4n) is 1.89. The van der Waals surface area contributed by atoms with E-state index >= 15 is 0 Å². The molecule has 0 saturated carbocycles. The molecule has 0 saturated heterocycles. The van der Waals surface area contributed by atoms with Gasteiger partial charge in [0.05, 0.1) is 18.0 Å². The summed E-state index contributed by atoms with van der Waals surface area (Å²) in [4.78, 5) is 18.7. The van der Waals surface area contributed by atoms with Crippen LogP contribution >= 0.6 is 0 Å². The standard InChI is InChI=1S/C11H14N6O2/c1-2-3-9(4-10(18)19)17-11(14-15-16-17)8-5-12-7-13-6-8/h5-7,9H,2-4H2,1H3,(H,18,19). The predicted octanol–water partition coefficient (Wildman–Crippen LogP) is 0.946. The molecule has 8 nitrogen and oxygen atoms in total. The van der Waals surface area contributed by atoms with Crippen molar-refractivity contribution in [2.75, 3.05) is 0 Å². The van der Waals surface area contributed by atoms with Gasteiger partial charge in [0.1, 0.15) is 6.33 Å². The van der Waals surface area contributed by atoms with Crippen LogP contribution in [-0.2, 0) is 4.79 Å². The maximum absolute atomic E-state index is 10.9. The Morgan fingerprint density at radius 2 is 2.16 bits per heavy atom. The Labute approximate surface area is 109 Å². The van der Waals surface area contributed by atoms with Crippen LogP contribution in [0.1, 0.15) is 32.2 Å². The highest BCUT2D eigenvalue weighted by atomic mass is 16.4. The highest BCUT2D eigenvalue weighted by Crippen LogP contribution is 2.23. The van der Waals surface area contributed by atoms with Crippen LogP contribution in [0.5, 0.6) is 0 Å². The molecule has 1 N–H and O–H groups in total. The van der Waals surface area contributed by atoms with Crippen LogP contribution < -0.4 is 0 Å². The zero-order valence-corrected chi connectivity index (χ0v) is 10.5. The summed E-state index contributed by atoms with van der Waals surface area (Å²) in [7, 11) is 0. The maximum atomic E-state index is 10.9. The van der Waals surface area contributed by atoms with Crippen LogP contribution in [0.4, 0.5) is 0 Å². The largest absolute Gasteiger partial charge is 0.481 e. The molecule has 0 spiro atoms. The van der Waals surface area contributed by atoms with E-state index in [4.69, 9.17) is 5.11 Å². The van der Waals surface area contributed by atoms with Crippen LogP contribution in [0.25, 0.3) is 11.4 Å². The fourth-order valence-corrected chi connectivity index (χ4v) is 1.89. The lowest BCUT2D eigenvalue weighted by Crippen LogP contribution is -2.16. The summed E-state index contributed by atoms with van der Waals surface area (Å²) in [6.45, 7) is 1.99. The topological polar surface area (TPSA) is 107 Å². The van der Waals surface area contributed by atoms with Gasteiger partial charge in [0.15, 0.2) is 5.82 Å². The molecule has 1 atom stereocenters. The molecule has 2 rings (SSSR count). The average molecular weight is 262 g/mol. The van der Waals surface area contributed by atoms with Crippen molar-refractivity contribution in [3.8, 4) is 11.4 Å². The van der Waals surface area contributed by atoms with E-state index < -0.39 is 5.97 Å². The van der Waals surface area contributed by atoms with E-state index in [2.05, 4.69) is 25.5 Å². The first kappa shape index (κ1) is 13.1. The molecule has 8 heteroatoms. The van der Waals surface area contributed by atoms with E-state index in [-0.39, 0.29) is 12.5 Å². The van der Waals surface area contributed by atoms with Crippen LogP contribution in [0, 0.1) is 0 Å². The number of aromatic nitrogens is 6. The first-order valence-corrected chi connectivity index (χ1v) is 5.97. The van der Waals surface area contributed by atoms with Crippen LogP contribution in [0.3, 0.4) is 0 Å². The normalized spacial score (nSPS) is 12.3. The van der Waals surface area contributed by atoms with Crippen molar-refractivity contribution in [2.45, 2.75) is 32.2 Å². The van der Waals surface area contributed by atoms with Gasteiger partial charge in [-0.05, 0) is 16.8 Å². The van der Waals surface area contributed by atoms with Crippen molar-refractivity contribution >= 4 is 5.97 Å². The number of hydrogen-bond acceptors (Lipinski definition) is 6. The quantitative estimate of drug-likeness (QED) is 0.825. The summed E-state index contributed by atoms with van der Waals surface area (Å²) in [5.74, 6) is -0.385. The Morgan fingerprint density at radius 3 is 2.79 bits per heavy atom. The first-order chi connectivity index (χ1) is 9.22. The molecule has 0 aliphatic rings. The summed E-state index contributed by atoms with van der Waals surface area (Å²) in [5, 5.41) is 20.4. The lowest BCUT2D eigenvalue weighted by molar-refractivity contribution is -0.138. The molecular weight excluding hydrogens is 248 g/mol. The summed E-state index contributed by atoms with van der Waals surface area (Å²) < 4.78 is 1.54. The lowest BCUT2D eigenvalue weighted by Gasteiger charge is -2.15. The third kappa shape index (κ3) is 3.09. The number of rotatable bonds is 6. The van der Waals surface area contributed by atoms with Crippen molar-refractivity contribution in [2.24, 2.45) is 0 Å². The predicted molar refractivity (Wildman–Crippen MR) is 65.0 cm³/mol. The summed E-state index contributed by atoms with van der Waals surface area (Å²) in [6, 6.07) is -0.271. The van der Waals surface area contributed by atoms with Gasteiger partial charge in [-0.1, -0.05) is 13.3 Å². The fraction of sp³-hybridized carbons (Fsp3) is 0.455. The minimum absolute atomic E-state index is 0.0143. The summed E-state index contributed by atoms with van der Waals surface area (Å²) in [6.07, 6.45) is 6.14. The van der Waals surface area contributed by atoms with Gasteiger partial charge in [0.25, 0.3) is 0 Å². The van der Waals surface area contributed by atoms with E-state index in [0.29, 0.717) is 17.8 Å². The van der Waals surface area contributed by atoms with Crippen molar-refractivity contribution in [1.29, 1.82) is 0 Å². The molecule has 0 fully saturated rings. The molecule has 2 heterocycles. The van der Waals surface area contributed by atoms with Gasteiger partial charge in [-0.15, -0.1) is 5.10 Å². The Morgan fingerprint density at radius 1 is 1.42 bits per heavy atom. The Balaban J connectivity index is 2.33. The SMILES string of the molecule is CCCC(CC(=O)O)n1nnnc1-c1cncnc1. The average Bonchev–Trinajstić information content (AvgIpc) is 2.88. The first-order valence-electron chi connectivity index (χ1n) is 5.97. The van der Waals surface area contributed by atoms with Crippen molar-refractivity contribution < 1.29 is 9.90 Å². The molecule has 19 heavy (non-hydrogen) atoms. The second kappa shape index (κ2) is 5.98. The van der Waals surface area contributed by atoms with E-state index in [1.807, 2.05) is 6.92 Å². The number of nitrogens with zero attached hydrogens (tertiary/aromatic N) is 6. The van der Waals surface area contributed by atoms with Gasteiger partial charge in [0, 0.05) is 12.4 Å². The molecule has 0 aromatic carbocycles. The summed E-state index contributed by atoms with van der Waals surface area (Å²) >= 11 is 0. The van der Waals surface area contributed by atoms with E-state index in [1.165, 1.54) is 11.0 Å². The number of carbonyl (C=O) groups is 1. The second-order valence-corrected chi connectivity index (χ2v) is 4.11. The third-order valence-corrected chi connectivity index (χ3v) is 2.69. The molecule has 100 valence electrons. The zero-order valence-electron chi connectivity index (χ0n) is 10.5. The molecule has 0 bridgehead atoms. The van der Waals surface area contributed by atoms with E-state index in [9.17, 15) is 4.79 Å². The third-order valence-electron chi connectivity index (χ3n) is 2.69. The Bertz CT molecular complexity index is 541. The molecule has 0 radical (unpaired) electrons. The van der Waals surface area contributed by atoms with E-state index in [1.54, 1.807) is 12.4 Å². The monoisotopic (exact) mass is 262 g/mol. The molecule has 1 unspecified atom stereocenters. The van der Waals surface area contributed by atoms with Crippen molar-refractivity contribution in [1.82, 2.24) is 30.2 Å². The van der Waals surface area contributed by atoms with Crippen LogP contribution in [0.15, 0.2) is 18.7 Å². The minimum Gasteiger partial charge on any atom is -0.481 e. The second-order valence-electron chi connectivity index (χ2n) is 4.11. The van der Waals surface area contributed by atoms with Crippen LogP contribution in [0.2, 0.25) is 0 Å². The highest BCUT2D eigenvalue weighted by Gasteiger charge is 2.20. The van der Waals surface area contributed by atoms with Gasteiger partial charge in [-0.25, -0.2) is 14.6 Å². The lowest BCUT2D eigenvalue weighted by atomic mass is 10.1. The Kier molecular flexibility index (Phi) is 4.11. The maximum Gasteiger partial charge on any atom is 0.305 e. The number of hydrogen-bond donors (Lipinski definition) is 1. The minimum atomic E-state index is -0.871. The number of carboxylic acid groups (broad SMARTS) is 1. The number of tetrazole rings is 1. The molecule has 2 aromatic heterocycles. The van der Waals surface area contributed by atoms with Gasteiger partial charge in [-0.3, -0.25) is 4.79 Å². The van der Waals surface area contributed by atoms with Gasteiger partial charge in [0.2, 0.25) is 0 Å². The number of carboxylic acids is 1. The van der Waals surface area contributed by atoms with Crippen molar-refractivity contribution in [3.05, 3.63) is 18.7 Å². The molecule has 0 aliphatic heterocycles. The molecular formula is C11H14N6O2. The number of aliphatic carboxylic acids is 1.